The Morgan fingerprint density at radius 1 is 0.512 bits per heavy atom. The largest absolute Gasteiger partial charge is 0.480 e. The van der Waals surface area contributed by atoms with Crippen LogP contribution in [0.5, 0.6) is 0 Å². The Balaban J connectivity index is 2.40. The van der Waals surface area contributed by atoms with Gasteiger partial charge in [-0.05, 0) is 136 Å². The maximum absolute atomic E-state index is 14.3. The first-order valence-electron chi connectivity index (χ1n) is 28.9. The molecule has 0 radical (unpaired) electrons. The molecule has 2 aliphatic heterocycles. The molecule has 478 valence electrons. The maximum Gasteiger partial charge on any atom is 0.326 e. The number of carbonyl (C=O) groups excluding carboxylic acids is 10. The molecule has 2 heterocycles. The lowest BCUT2D eigenvalue weighted by Gasteiger charge is -2.34. The summed E-state index contributed by atoms with van der Waals surface area (Å²) in [5.41, 5.74) is 33.5. The molecule has 0 saturated carbocycles. The van der Waals surface area contributed by atoms with Crippen molar-refractivity contribution in [3.63, 3.8) is 0 Å². The van der Waals surface area contributed by atoms with E-state index in [0.717, 1.165) is 0 Å². The van der Waals surface area contributed by atoms with E-state index >= 15 is 0 Å². The molecule has 0 aromatic carbocycles. The molecule has 32 nitrogen and oxygen atoms in total. The van der Waals surface area contributed by atoms with E-state index in [0.29, 0.717) is 44.9 Å². The molecule has 0 spiro atoms. The van der Waals surface area contributed by atoms with Gasteiger partial charge in [-0.2, -0.15) is 0 Å². The Morgan fingerprint density at radius 3 is 1.37 bits per heavy atom. The summed E-state index contributed by atoms with van der Waals surface area (Å²) >= 11 is 0. The zero-order valence-corrected chi connectivity index (χ0v) is 48.9. The highest BCUT2D eigenvalue weighted by atomic mass is 16.4. The molecular weight excluding hydrogens is 1100 g/mol. The number of hydrogen-bond donors (Lipinski definition) is 18. The molecule has 12 atom stereocenters. The average molecular weight is 1200 g/mol. The SMILES string of the molecule is CC(C)[C@H](NC(=O)[C@H](CCCCN)NC(=O)[C@H](CCCN=C(N)N)NC(=O)[C@H](CCCCN)NC(=O)[C@@H](NC(=O)[C@H](CCCCN)NC(=O)[C@@H]1CCCN1C(=O)[C@@H]1CCCN1C(=O)[C@@H](NC(=O)[C@H](CO)NC(=O)CN)[C@@H](C)O)[C@@H](C)O)C(=O)O. The minimum atomic E-state index is -1.74. The Morgan fingerprint density at radius 2 is 0.929 bits per heavy atom. The minimum absolute atomic E-state index is 0.0157. The molecule has 32 heteroatoms. The van der Waals surface area contributed by atoms with Crippen LogP contribution in [0.15, 0.2) is 4.99 Å². The Bertz CT molecular complexity index is 2220. The summed E-state index contributed by atoms with van der Waals surface area (Å²) in [5, 5.41) is 61.1. The number of carboxylic acids is 1. The highest BCUT2D eigenvalue weighted by Crippen LogP contribution is 2.26. The lowest BCUT2D eigenvalue weighted by Crippen LogP contribution is -2.62. The summed E-state index contributed by atoms with van der Waals surface area (Å²) in [6, 6.07) is -13.8. The van der Waals surface area contributed by atoms with Gasteiger partial charge in [-0.15, -0.1) is 0 Å². The van der Waals surface area contributed by atoms with Crippen LogP contribution in [0.4, 0.5) is 0 Å². The van der Waals surface area contributed by atoms with Crippen molar-refractivity contribution in [1.29, 1.82) is 0 Å². The molecule has 2 aliphatic rings. The zero-order valence-electron chi connectivity index (χ0n) is 48.9. The number of rotatable bonds is 39. The van der Waals surface area contributed by atoms with E-state index in [2.05, 4.69) is 47.5 Å². The Hall–Kier alpha value is -6.84. The summed E-state index contributed by atoms with van der Waals surface area (Å²) in [6.07, 6.45) is 0.168. The van der Waals surface area contributed by atoms with Crippen LogP contribution in [-0.2, 0) is 52.7 Å². The fourth-order valence-electron chi connectivity index (χ4n) is 9.61. The number of unbranched alkanes of at least 4 members (excludes halogenated alkanes) is 3. The lowest BCUT2D eigenvalue weighted by atomic mass is 10.0. The number of likely N-dealkylation sites (tertiary alicyclic amines) is 2. The molecule has 0 aliphatic carbocycles. The van der Waals surface area contributed by atoms with Crippen LogP contribution in [0.3, 0.4) is 0 Å². The third kappa shape index (κ3) is 24.0. The number of aliphatic imine (C=N–C) groups is 1. The van der Waals surface area contributed by atoms with E-state index in [4.69, 9.17) is 34.4 Å². The van der Waals surface area contributed by atoms with Crippen LogP contribution in [0.25, 0.3) is 0 Å². The van der Waals surface area contributed by atoms with Gasteiger partial charge in [-0.25, -0.2) is 4.79 Å². The van der Waals surface area contributed by atoms with Crippen LogP contribution in [-0.4, -0.2) is 226 Å². The van der Waals surface area contributed by atoms with Crippen LogP contribution in [0.2, 0.25) is 0 Å². The van der Waals surface area contributed by atoms with Crippen molar-refractivity contribution in [1.82, 2.24) is 52.3 Å². The third-order valence-corrected chi connectivity index (χ3v) is 14.3. The molecule has 2 fully saturated rings. The second-order valence-electron chi connectivity index (χ2n) is 21.5. The number of nitrogens with one attached hydrogen (secondary N) is 8. The van der Waals surface area contributed by atoms with Gasteiger partial charge in [0, 0.05) is 19.6 Å². The van der Waals surface area contributed by atoms with Crippen molar-refractivity contribution >= 4 is 71.0 Å². The zero-order chi connectivity index (χ0) is 63.2. The molecule has 24 N–H and O–H groups in total. The number of carboxylic acid groups (broad SMARTS) is 1. The van der Waals surface area contributed by atoms with Crippen molar-refractivity contribution in [3.8, 4) is 0 Å². The lowest BCUT2D eigenvalue weighted by molar-refractivity contribution is -0.149. The van der Waals surface area contributed by atoms with Gasteiger partial charge in [0.25, 0.3) is 0 Å². The maximum atomic E-state index is 14.3. The first-order chi connectivity index (χ1) is 39.8. The van der Waals surface area contributed by atoms with Gasteiger partial charge in [0.15, 0.2) is 5.96 Å². The normalized spacial score (nSPS) is 18.5. The number of nitrogens with two attached hydrogens (primary N) is 6. The minimum Gasteiger partial charge on any atom is -0.480 e. The van der Waals surface area contributed by atoms with Gasteiger partial charge < -0.3 is 107 Å². The number of carbonyl (C=O) groups is 11. The van der Waals surface area contributed by atoms with Gasteiger partial charge in [0.2, 0.25) is 59.1 Å². The van der Waals surface area contributed by atoms with Crippen molar-refractivity contribution in [3.05, 3.63) is 0 Å². The smallest absolute Gasteiger partial charge is 0.326 e. The van der Waals surface area contributed by atoms with Gasteiger partial charge in [0.05, 0.1) is 25.4 Å². The summed E-state index contributed by atoms with van der Waals surface area (Å²) < 4.78 is 0. The van der Waals surface area contributed by atoms with Crippen molar-refractivity contribution < 1.29 is 73.2 Å². The Labute approximate surface area is 489 Å². The van der Waals surface area contributed by atoms with E-state index in [1.165, 1.54) is 23.6 Å². The van der Waals surface area contributed by atoms with Crippen LogP contribution in [0.1, 0.15) is 124 Å². The van der Waals surface area contributed by atoms with Gasteiger partial charge in [0.1, 0.15) is 60.4 Å². The summed E-state index contributed by atoms with van der Waals surface area (Å²) in [7, 11) is 0. The molecule has 2 saturated heterocycles. The van der Waals surface area contributed by atoms with Gasteiger partial charge in [-0.1, -0.05) is 13.8 Å². The topological polar surface area (TPSA) is 540 Å². The molecule has 0 unspecified atom stereocenters. The predicted octanol–water partition coefficient (Wildman–Crippen LogP) is -7.26. The fourth-order valence-corrected chi connectivity index (χ4v) is 9.61. The number of aliphatic hydroxyl groups excluding tert-OH is 3. The monoisotopic (exact) mass is 1200 g/mol. The number of amides is 10. The summed E-state index contributed by atoms with van der Waals surface area (Å²) in [4.78, 5) is 156. The first-order valence-corrected chi connectivity index (χ1v) is 28.9. The summed E-state index contributed by atoms with van der Waals surface area (Å²) in [6.45, 7) is 5.14. The number of aliphatic hydroxyl groups is 3. The van der Waals surface area contributed by atoms with Crippen LogP contribution < -0.4 is 76.9 Å². The molecule has 2 rings (SSSR count). The van der Waals surface area contributed by atoms with Crippen molar-refractivity contribution in [2.45, 2.75) is 197 Å². The predicted molar refractivity (Wildman–Crippen MR) is 306 cm³/mol. The van der Waals surface area contributed by atoms with E-state index in [9.17, 15) is 73.2 Å². The van der Waals surface area contributed by atoms with E-state index < -0.39 is 157 Å². The highest BCUT2D eigenvalue weighted by Gasteiger charge is 2.45. The second kappa shape index (κ2) is 38.2. The second-order valence-corrected chi connectivity index (χ2v) is 21.5. The number of nitrogens with zero attached hydrogens (tertiary/aromatic N) is 3. The molecule has 84 heavy (non-hydrogen) atoms. The highest BCUT2D eigenvalue weighted by molar-refractivity contribution is 5.99. The van der Waals surface area contributed by atoms with E-state index in [1.807, 2.05) is 0 Å². The van der Waals surface area contributed by atoms with Gasteiger partial charge >= 0.3 is 5.97 Å². The fraction of sp³-hybridized carbons (Fsp3) is 0.769. The standard InChI is InChI=1S/C52H95N17O15/c1-28(2)39(51(83)84)65-44(76)32(15-6-9-21-54)61-43(75)34(17-11-23-59-52(57)58)62-42(74)31(14-5-8-20-53)64-48(80)40(29(3)71)66-45(77)33(16-7-10-22-55)63-47(79)36-18-12-24-68(36)49(81)37-19-13-25-69(37)50(82)41(30(4)72)67-46(78)35(27-70)60-38(73)26-56/h28-37,39-41,70-72H,5-27,53-56H2,1-4H3,(H,60,73)(H,61,75)(H,62,74)(H,63,79)(H,64,80)(H,65,76)(H,66,77)(H,67,78)(H,83,84)(H4,57,58,59)/t29-,30-,31+,32+,33+,34+,35+,36+,37+,39+,40+,41+/m1/s1. The molecule has 0 bridgehead atoms. The molecule has 0 aromatic heterocycles. The van der Waals surface area contributed by atoms with E-state index in [-0.39, 0.29) is 96.6 Å². The molecule has 0 aromatic rings. The van der Waals surface area contributed by atoms with Crippen molar-refractivity contribution in [2.24, 2.45) is 45.3 Å². The number of hydrogen-bond acceptors (Lipinski definition) is 19. The van der Waals surface area contributed by atoms with Crippen LogP contribution in [0, 0.1) is 5.92 Å². The first kappa shape index (κ1) is 73.3. The average Bonchev–Trinajstić information content (AvgIpc) is 3.34. The Kier molecular flexibility index (Phi) is 33.3. The van der Waals surface area contributed by atoms with Crippen LogP contribution >= 0.6 is 0 Å². The molecule has 10 amide bonds. The van der Waals surface area contributed by atoms with Gasteiger partial charge in [-0.3, -0.25) is 52.9 Å². The molecular formula is C52H95N17O15. The third-order valence-electron chi connectivity index (χ3n) is 14.3. The quantitative estimate of drug-likeness (QED) is 0.0154. The number of guanidine groups is 1. The number of aliphatic carboxylic acids is 1. The summed E-state index contributed by atoms with van der Waals surface area (Å²) in [5.74, 6) is -10.5. The van der Waals surface area contributed by atoms with Crippen molar-refractivity contribution in [2.75, 3.05) is 52.4 Å². The van der Waals surface area contributed by atoms with E-state index in [1.54, 1.807) is 13.8 Å².